The normalized spacial score (nSPS) is 15.3. The lowest BCUT2D eigenvalue weighted by molar-refractivity contribution is -0.202. The van der Waals surface area contributed by atoms with Crippen LogP contribution < -0.4 is 0 Å². The molecule has 0 amide bonds. The van der Waals surface area contributed by atoms with E-state index in [1.807, 2.05) is 0 Å². The van der Waals surface area contributed by atoms with Gasteiger partial charge in [-0.1, -0.05) is 19.8 Å². The predicted molar refractivity (Wildman–Crippen MR) is 46.5 cm³/mol. The van der Waals surface area contributed by atoms with Gasteiger partial charge in [-0.3, -0.25) is 4.79 Å². The first-order valence-electron chi connectivity index (χ1n) is 4.40. The molecule has 72 valence electrons. The zero-order chi connectivity index (χ0) is 9.61. The third kappa shape index (κ3) is 6.16. The molecule has 0 fully saturated rings. The summed E-state index contributed by atoms with van der Waals surface area (Å²) in [5.74, 6) is -1.71. The van der Waals surface area contributed by atoms with Crippen LogP contribution in [0.4, 0.5) is 0 Å². The Hall–Kier alpha value is -0.570. The maximum atomic E-state index is 10.5. The van der Waals surface area contributed by atoms with Crippen LogP contribution in [-0.2, 0) is 9.53 Å². The Morgan fingerprint density at radius 2 is 2.08 bits per heavy atom. The first-order valence-corrected chi connectivity index (χ1v) is 4.40. The fourth-order valence-electron chi connectivity index (χ4n) is 1.06. The average Bonchev–Trinajstić information content (AvgIpc) is 1.84. The third-order valence-corrected chi connectivity index (χ3v) is 1.61. The van der Waals surface area contributed by atoms with Crippen LogP contribution in [0.15, 0.2) is 0 Å². The molecule has 3 heteroatoms. The molecule has 0 aliphatic carbocycles. The lowest BCUT2D eigenvalue weighted by Crippen LogP contribution is -2.30. The van der Waals surface area contributed by atoms with Crippen LogP contribution in [0.2, 0.25) is 0 Å². The van der Waals surface area contributed by atoms with E-state index in [9.17, 15) is 9.90 Å². The van der Waals surface area contributed by atoms with Crippen molar-refractivity contribution >= 4 is 5.97 Å². The number of esters is 1. The number of ether oxygens (including phenoxy) is 1. The molecule has 1 N–H and O–H groups in total. The van der Waals surface area contributed by atoms with Crippen LogP contribution in [0.5, 0.6) is 0 Å². The van der Waals surface area contributed by atoms with Crippen LogP contribution in [0, 0.1) is 0 Å². The largest absolute Gasteiger partial charge is 0.434 e. The summed E-state index contributed by atoms with van der Waals surface area (Å²) >= 11 is 0. The second-order valence-corrected chi connectivity index (χ2v) is 3.23. The van der Waals surface area contributed by atoms with E-state index in [4.69, 9.17) is 4.74 Å². The summed E-state index contributed by atoms with van der Waals surface area (Å²) in [7, 11) is 0. The molecule has 0 aromatic carbocycles. The van der Waals surface area contributed by atoms with E-state index in [0.29, 0.717) is 6.42 Å². The highest BCUT2D eigenvalue weighted by Crippen LogP contribution is 2.15. The van der Waals surface area contributed by atoms with Gasteiger partial charge in [-0.15, -0.1) is 0 Å². The van der Waals surface area contributed by atoms with Gasteiger partial charge in [-0.05, 0) is 6.42 Å². The number of carbonyl (C=O) groups is 1. The molecule has 0 aromatic rings. The van der Waals surface area contributed by atoms with Gasteiger partial charge in [0.05, 0.1) is 0 Å². The van der Waals surface area contributed by atoms with Gasteiger partial charge < -0.3 is 9.84 Å². The van der Waals surface area contributed by atoms with Gasteiger partial charge in [0.2, 0.25) is 5.79 Å². The fourth-order valence-corrected chi connectivity index (χ4v) is 1.06. The summed E-state index contributed by atoms with van der Waals surface area (Å²) in [5.41, 5.74) is 0. The molecule has 1 atom stereocenters. The molecule has 0 aliphatic heterocycles. The van der Waals surface area contributed by atoms with E-state index in [2.05, 4.69) is 6.92 Å². The van der Waals surface area contributed by atoms with Gasteiger partial charge in [-0.2, -0.15) is 0 Å². The molecule has 0 saturated carbocycles. The number of carbonyl (C=O) groups excluding carboxylic acids is 1. The van der Waals surface area contributed by atoms with Gasteiger partial charge in [-0.25, -0.2) is 0 Å². The highest BCUT2D eigenvalue weighted by molar-refractivity contribution is 5.66. The number of hydrogen-bond donors (Lipinski definition) is 1. The Bertz CT molecular complexity index is 141. The molecule has 0 aromatic heterocycles. The molecule has 0 rings (SSSR count). The number of hydrogen-bond acceptors (Lipinski definition) is 3. The number of rotatable bonds is 5. The van der Waals surface area contributed by atoms with Crippen molar-refractivity contribution in [3.8, 4) is 0 Å². The Morgan fingerprint density at radius 3 is 2.50 bits per heavy atom. The number of unbranched alkanes of at least 4 members (excludes halogenated alkanes) is 2. The topological polar surface area (TPSA) is 46.5 Å². The van der Waals surface area contributed by atoms with Crippen molar-refractivity contribution in [1.82, 2.24) is 0 Å². The lowest BCUT2D eigenvalue weighted by Gasteiger charge is -2.22. The minimum atomic E-state index is -1.28. The van der Waals surface area contributed by atoms with E-state index in [-0.39, 0.29) is 0 Å². The van der Waals surface area contributed by atoms with Crippen molar-refractivity contribution in [1.29, 1.82) is 0 Å². The number of aliphatic hydroxyl groups is 1. The molecule has 12 heavy (non-hydrogen) atoms. The summed E-state index contributed by atoms with van der Waals surface area (Å²) in [5, 5.41) is 9.47. The highest BCUT2D eigenvalue weighted by atomic mass is 16.7. The van der Waals surface area contributed by atoms with Gasteiger partial charge in [0, 0.05) is 20.3 Å². The minimum Gasteiger partial charge on any atom is -0.434 e. The van der Waals surface area contributed by atoms with E-state index in [1.165, 1.54) is 13.8 Å². The molecule has 1 unspecified atom stereocenters. The first-order chi connectivity index (χ1) is 5.48. The molecule has 0 spiro atoms. The maximum Gasteiger partial charge on any atom is 0.305 e. The van der Waals surface area contributed by atoms with E-state index in [0.717, 1.165) is 19.3 Å². The summed E-state index contributed by atoms with van der Waals surface area (Å²) in [6.07, 6.45) is 3.55. The molecule has 0 heterocycles. The van der Waals surface area contributed by atoms with E-state index in [1.54, 1.807) is 0 Å². The quantitative estimate of drug-likeness (QED) is 0.393. The van der Waals surface area contributed by atoms with E-state index >= 15 is 0 Å². The average molecular weight is 174 g/mol. The van der Waals surface area contributed by atoms with E-state index < -0.39 is 11.8 Å². The van der Waals surface area contributed by atoms with Gasteiger partial charge in [0.1, 0.15) is 0 Å². The van der Waals surface area contributed by atoms with Crippen molar-refractivity contribution in [3.63, 3.8) is 0 Å². The van der Waals surface area contributed by atoms with Crippen LogP contribution in [0.1, 0.15) is 46.5 Å². The first kappa shape index (κ1) is 11.4. The standard InChI is InChI=1S/C9H18O3/c1-4-5-6-7-9(3,11)12-8(2)10/h11H,4-7H2,1-3H3. The van der Waals surface area contributed by atoms with Crippen LogP contribution in [-0.4, -0.2) is 16.9 Å². The SMILES string of the molecule is CCCCCC(C)(O)OC(C)=O. The summed E-state index contributed by atoms with van der Waals surface area (Å²) in [4.78, 5) is 10.5. The van der Waals surface area contributed by atoms with Gasteiger partial charge in [0.25, 0.3) is 0 Å². The van der Waals surface area contributed by atoms with Crippen molar-refractivity contribution in [2.24, 2.45) is 0 Å². The summed E-state index contributed by atoms with van der Waals surface area (Å²) in [6.45, 7) is 4.90. The molecule has 3 nitrogen and oxygen atoms in total. The van der Waals surface area contributed by atoms with Gasteiger partial charge >= 0.3 is 5.97 Å². The zero-order valence-corrected chi connectivity index (χ0v) is 8.09. The zero-order valence-electron chi connectivity index (χ0n) is 8.09. The minimum absolute atomic E-state index is 0.434. The van der Waals surface area contributed by atoms with Crippen molar-refractivity contribution in [2.45, 2.75) is 52.2 Å². The monoisotopic (exact) mass is 174 g/mol. The van der Waals surface area contributed by atoms with Crippen molar-refractivity contribution in [3.05, 3.63) is 0 Å². The molecular weight excluding hydrogens is 156 g/mol. The Labute approximate surface area is 73.7 Å². The predicted octanol–water partition coefficient (Wildman–Crippen LogP) is 1.84. The van der Waals surface area contributed by atoms with Crippen LogP contribution >= 0.6 is 0 Å². The second kappa shape index (κ2) is 5.14. The highest BCUT2D eigenvalue weighted by Gasteiger charge is 2.22. The molecule has 0 aliphatic rings. The smallest absolute Gasteiger partial charge is 0.305 e. The van der Waals surface area contributed by atoms with Crippen molar-refractivity contribution < 1.29 is 14.6 Å². The summed E-state index contributed by atoms with van der Waals surface area (Å²) < 4.78 is 4.70. The molecular formula is C9H18O3. The Balaban J connectivity index is 3.63. The lowest BCUT2D eigenvalue weighted by atomic mass is 10.1. The summed E-state index contributed by atoms with van der Waals surface area (Å²) in [6, 6.07) is 0. The molecule has 0 radical (unpaired) electrons. The second-order valence-electron chi connectivity index (χ2n) is 3.23. The Kier molecular flexibility index (Phi) is 4.90. The van der Waals surface area contributed by atoms with Gasteiger partial charge in [0.15, 0.2) is 0 Å². The fraction of sp³-hybridized carbons (Fsp3) is 0.889. The molecule has 0 bridgehead atoms. The molecule has 0 saturated heterocycles. The van der Waals surface area contributed by atoms with Crippen LogP contribution in [0.3, 0.4) is 0 Å². The third-order valence-electron chi connectivity index (χ3n) is 1.61. The maximum absolute atomic E-state index is 10.5. The van der Waals surface area contributed by atoms with Crippen molar-refractivity contribution in [2.75, 3.05) is 0 Å². The van der Waals surface area contributed by atoms with Crippen LogP contribution in [0.25, 0.3) is 0 Å². The Morgan fingerprint density at radius 1 is 1.50 bits per heavy atom.